The van der Waals surface area contributed by atoms with Gasteiger partial charge in [0.25, 0.3) is 5.91 Å². The first-order valence-electron chi connectivity index (χ1n) is 7.87. The van der Waals surface area contributed by atoms with E-state index in [-0.39, 0.29) is 12.5 Å². The number of hydrogen-bond donors (Lipinski definition) is 0. The summed E-state index contributed by atoms with van der Waals surface area (Å²) in [5.74, 6) is 2.06. The van der Waals surface area contributed by atoms with Gasteiger partial charge in [0.1, 0.15) is 5.76 Å². The molecule has 0 N–H and O–H groups in total. The Morgan fingerprint density at radius 3 is 2.64 bits per heavy atom. The molecule has 2 atom stereocenters. The summed E-state index contributed by atoms with van der Waals surface area (Å²) in [6, 6.07) is 4.20. The van der Waals surface area contributed by atoms with Crippen LogP contribution in [0.2, 0.25) is 0 Å². The van der Waals surface area contributed by atoms with E-state index in [1.807, 2.05) is 4.90 Å². The second-order valence-electron chi connectivity index (χ2n) is 6.57. The molecule has 1 aliphatic carbocycles. The van der Waals surface area contributed by atoms with Crippen molar-refractivity contribution in [2.75, 3.05) is 26.2 Å². The predicted molar refractivity (Wildman–Crippen MR) is 79.0 cm³/mol. The highest BCUT2D eigenvalue weighted by Crippen LogP contribution is 2.38. The van der Waals surface area contributed by atoms with E-state index in [9.17, 15) is 4.79 Å². The highest BCUT2D eigenvalue weighted by Gasteiger charge is 2.45. The van der Waals surface area contributed by atoms with Gasteiger partial charge in [-0.25, -0.2) is 0 Å². The highest BCUT2D eigenvalue weighted by atomic mass is 16.4. The molecule has 0 aromatic carbocycles. The van der Waals surface area contributed by atoms with Crippen LogP contribution in [0.1, 0.15) is 29.2 Å². The molecule has 2 unspecified atom stereocenters. The summed E-state index contributed by atoms with van der Waals surface area (Å²) in [5, 5.41) is 3.45. The molecule has 7 heteroatoms. The minimum Gasteiger partial charge on any atom is -0.456 e. The van der Waals surface area contributed by atoms with E-state index in [1.165, 1.54) is 12.8 Å². The Morgan fingerprint density at radius 2 is 2.00 bits per heavy atom. The quantitative estimate of drug-likeness (QED) is 0.485. The number of fused-ring (bicyclic) bond motifs is 1. The van der Waals surface area contributed by atoms with Crippen LogP contribution < -0.4 is 0 Å². The lowest BCUT2D eigenvalue weighted by Gasteiger charge is -2.20. The zero-order valence-electron chi connectivity index (χ0n) is 12.4. The molecule has 2 saturated heterocycles. The molecule has 1 aromatic rings. The summed E-state index contributed by atoms with van der Waals surface area (Å²) in [4.78, 5) is 19.7. The molecule has 3 fully saturated rings. The Kier molecular flexibility index (Phi) is 3.32. The third-order valence-corrected chi connectivity index (χ3v) is 5.03. The lowest BCUT2D eigenvalue weighted by molar-refractivity contribution is 0.0740. The van der Waals surface area contributed by atoms with Crippen LogP contribution >= 0.6 is 0 Å². The van der Waals surface area contributed by atoms with E-state index in [0.29, 0.717) is 23.4 Å². The third-order valence-electron chi connectivity index (χ3n) is 5.03. The van der Waals surface area contributed by atoms with Crippen LogP contribution in [0, 0.1) is 11.8 Å². The van der Waals surface area contributed by atoms with Gasteiger partial charge in [-0.1, -0.05) is 5.11 Å². The summed E-state index contributed by atoms with van der Waals surface area (Å²) in [6.45, 7) is 4.09. The van der Waals surface area contributed by atoms with Gasteiger partial charge in [-0.15, -0.1) is 0 Å². The van der Waals surface area contributed by atoms with Crippen molar-refractivity contribution in [1.82, 2.24) is 9.80 Å². The molecule has 0 radical (unpaired) electrons. The first-order chi connectivity index (χ1) is 10.7. The largest absolute Gasteiger partial charge is 0.456 e. The number of azide groups is 1. The fourth-order valence-corrected chi connectivity index (χ4v) is 3.77. The molecule has 0 spiro atoms. The number of amides is 1. The standard InChI is InChI=1S/C15H19N5O2/c16-18-17-5-13-3-4-14(22-13)15(21)20-8-10-6-19(12-1-2-12)7-11(10)9-20/h3-4,10-12H,1-2,5-9H2. The number of rotatable bonds is 4. The van der Waals surface area contributed by atoms with E-state index >= 15 is 0 Å². The van der Waals surface area contributed by atoms with Crippen molar-refractivity contribution in [3.63, 3.8) is 0 Å². The van der Waals surface area contributed by atoms with Crippen molar-refractivity contribution in [2.45, 2.75) is 25.4 Å². The Morgan fingerprint density at radius 1 is 1.27 bits per heavy atom. The SMILES string of the molecule is [N-]=[N+]=NCc1ccc(C(=O)N2CC3CN(C4CC4)CC3C2)o1. The van der Waals surface area contributed by atoms with Crippen molar-refractivity contribution in [3.8, 4) is 0 Å². The molecule has 0 bridgehead atoms. The van der Waals surface area contributed by atoms with Crippen molar-refractivity contribution in [3.05, 3.63) is 34.1 Å². The first-order valence-corrected chi connectivity index (χ1v) is 7.87. The molecule has 7 nitrogen and oxygen atoms in total. The van der Waals surface area contributed by atoms with Crippen LogP contribution in [0.25, 0.3) is 10.4 Å². The number of nitrogens with zero attached hydrogens (tertiary/aromatic N) is 5. The fraction of sp³-hybridized carbons (Fsp3) is 0.667. The van der Waals surface area contributed by atoms with Crippen LogP contribution in [0.4, 0.5) is 0 Å². The minimum atomic E-state index is -0.0421. The molecule has 3 aliphatic rings. The Labute approximate surface area is 128 Å². The van der Waals surface area contributed by atoms with E-state index in [4.69, 9.17) is 9.95 Å². The molecular formula is C15H19N5O2. The molecule has 2 aliphatic heterocycles. The van der Waals surface area contributed by atoms with Crippen LogP contribution in [0.3, 0.4) is 0 Å². The zero-order chi connectivity index (χ0) is 15.1. The van der Waals surface area contributed by atoms with Gasteiger partial charge >= 0.3 is 0 Å². The third kappa shape index (κ3) is 2.46. The van der Waals surface area contributed by atoms with Gasteiger partial charge in [-0.05, 0) is 42.3 Å². The molecule has 1 saturated carbocycles. The van der Waals surface area contributed by atoms with Crippen LogP contribution in [-0.2, 0) is 6.54 Å². The summed E-state index contributed by atoms with van der Waals surface area (Å²) in [6.07, 6.45) is 2.70. The van der Waals surface area contributed by atoms with Crippen LogP contribution in [-0.4, -0.2) is 47.9 Å². The number of furan rings is 1. The topological polar surface area (TPSA) is 85.5 Å². The van der Waals surface area contributed by atoms with E-state index in [2.05, 4.69) is 14.9 Å². The lowest BCUT2D eigenvalue weighted by atomic mass is 10.0. The second-order valence-corrected chi connectivity index (χ2v) is 6.57. The van der Waals surface area contributed by atoms with Gasteiger partial charge in [-0.2, -0.15) is 0 Å². The summed E-state index contributed by atoms with van der Waals surface area (Å²) < 4.78 is 5.48. The minimum absolute atomic E-state index is 0.0421. The van der Waals surface area contributed by atoms with Gasteiger partial charge in [0.15, 0.2) is 5.76 Å². The Bertz CT molecular complexity index is 618. The van der Waals surface area contributed by atoms with Crippen molar-refractivity contribution in [1.29, 1.82) is 0 Å². The van der Waals surface area contributed by atoms with Crippen LogP contribution in [0.5, 0.6) is 0 Å². The summed E-state index contributed by atoms with van der Waals surface area (Å²) in [7, 11) is 0. The molecular weight excluding hydrogens is 282 g/mol. The van der Waals surface area contributed by atoms with Gasteiger partial charge in [0.2, 0.25) is 0 Å². The highest BCUT2D eigenvalue weighted by molar-refractivity contribution is 5.91. The molecule has 22 heavy (non-hydrogen) atoms. The first kappa shape index (κ1) is 13.7. The van der Waals surface area contributed by atoms with Crippen molar-refractivity contribution < 1.29 is 9.21 Å². The molecule has 3 heterocycles. The predicted octanol–water partition coefficient (Wildman–Crippen LogP) is 2.26. The maximum Gasteiger partial charge on any atom is 0.289 e. The molecule has 116 valence electrons. The van der Waals surface area contributed by atoms with Gasteiger partial charge in [0.05, 0.1) is 6.54 Å². The van der Waals surface area contributed by atoms with Gasteiger partial charge in [0, 0.05) is 37.1 Å². The van der Waals surface area contributed by atoms with E-state index in [1.54, 1.807) is 12.1 Å². The van der Waals surface area contributed by atoms with Crippen molar-refractivity contribution in [2.24, 2.45) is 17.0 Å². The Balaban J connectivity index is 1.38. The average Bonchev–Trinajstić information content (AvgIpc) is 2.96. The lowest BCUT2D eigenvalue weighted by Crippen LogP contribution is -2.33. The summed E-state index contributed by atoms with van der Waals surface area (Å²) in [5.41, 5.74) is 8.31. The molecule has 4 rings (SSSR count). The number of likely N-dealkylation sites (tertiary alicyclic amines) is 2. The van der Waals surface area contributed by atoms with E-state index < -0.39 is 0 Å². The van der Waals surface area contributed by atoms with E-state index in [0.717, 1.165) is 32.2 Å². The van der Waals surface area contributed by atoms with Crippen LogP contribution in [0.15, 0.2) is 21.7 Å². The maximum absolute atomic E-state index is 12.5. The maximum atomic E-state index is 12.5. The smallest absolute Gasteiger partial charge is 0.289 e. The van der Waals surface area contributed by atoms with Gasteiger partial charge < -0.3 is 9.32 Å². The summed E-state index contributed by atoms with van der Waals surface area (Å²) >= 11 is 0. The second kappa shape index (κ2) is 5.34. The number of carbonyl (C=O) groups excluding carboxylic acids is 1. The zero-order valence-corrected chi connectivity index (χ0v) is 12.4. The average molecular weight is 301 g/mol. The number of hydrogen-bond acceptors (Lipinski definition) is 4. The van der Waals surface area contributed by atoms with Gasteiger partial charge in [-0.3, -0.25) is 9.69 Å². The fourth-order valence-electron chi connectivity index (χ4n) is 3.77. The molecule has 1 aromatic heterocycles. The monoisotopic (exact) mass is 301 g/mol. The Hall–Kier alpha value is -1.98. The normalized spacial score (nSPS) is 27.7. The van der Waals surface area contributed by atoms with Crippen molar-refractivity contribution >= 4 is 5.91 Å². The molecule has 1 amide bonds. The number of carbonyl (C=O) groups is 1.